The van der Waals surface area contributed by atoms with Crippen molar-refractivity contribution in [3.8, 4) is 6.07 Å². The minimum absolute atomic E-state index is 0.0943. The first-order valence-electron chi connectivity index (χ1n) is 7.53. The lowest BCUT2D eigenvalue weighted by atomic mass is 9.78. The van der Waals surface area contributed by atoms with Crippen LogP contribution in [0.1, 0.15) is 29.3 Å². The van der Waals surface area contributed by atoms with Crippen LogP contribution in [0, 0.1) is 22.7 Å². The summed E-state index contributed by atoms with van der Waals surface area (Å²) < 4.78 is 0. The molecule has 0 unspecified atom stereocenters. The van der Waals surface area contributed by atoms with Crippen LogP contribution in [-0.4, -0.2) is 48.3 Å². The number of hydrogen-bond acceptors (Lipinski definition) is 3. The summed E-state index contributed by atoms with van der Waals surface area (Å²) in [5, 5.41) is 8.96. The van der Waals surface area contributed by atoms with Crippen molar-refractivity contribution < 1.29 is 9.59 Å². The largest absolute Gasteiger partial charge is 0.345 e. The minimum Gasteiger partial charge on any atom is -0.345 e. The van der Waals surface area contributed by atoms with Crippen LogP contribution in [-0.2, 0) is 4.79 Å². The summed E-state index contributed by atoms with van der Waals surface area (Å²) in [6.07, 6.45) is 0.811. The van der Waals surface area contributed by atoms with E-state index in [-0.39, 0.29) is 17.7 Å². The monoisotopic (exact) mass is 297 g/mol. The molecular formula is C17H19N3O2. The van der Waals surface area contributed by atoms with Crippen molar-refractivity contribution in [1.82, 2.24) is 9.80 Å². The highest BCUT2D eigenvalue weighted by atomic mass is 16.2. The second-order valence-corrected chi connectivity index (χ2v) is 6.41. The van der Waals surface area contributed by atoms with Gasteiger partial charge in [0.25, 0.3) is 5.91 Å². The van der Waals surface area contributed by atoms with Gasteiger partial charge in [0.2, 0.25) is 5.91 Å². The van der Waals surface area contributed by atoms with Crippen molar-refractivity contribution >= 4 is 11.8 Å². The predicted molar refractivity (Wildman–Crippen MR) is 80.9 cm³/mol. The molecule has 2 atom stereocenters. The smallest absolute Gasteiger partial charge is 0.253 e. The van der Waals surface area contributed by atoms with Crippen molar-refractivity contribution in [3.05, 3.63) is 35.4 Å². The average Bonchev–Trinajstić information content (AvgIpc) is 3.02. The standard InChI is InChI=1S/C17H19N3O2/c1-12-10-20(11-17(12)6-7-19(2)16(17)22)15(21)14-5-3-4-13(8-14)9-18/h3-5,8,12H,6-7,10-11H2,1-2H3/t12-,17-/m0/s1. The van der Waals surface area contributed by atoms with E-state index in [1.54, 1.807) is 34.1 Å². The summed E-state index contributed by atoms with van der Waals surface area (Å²) in [7, 11) is 1.82. The first-order valence-corrected chi connectivity index (χ1v) is 7.53. The van der Waals surface area contributed by atoms with E-state index in [2.05, 4.69) is 13.0 Å². The summed E-state index contributed by atoms with van der Waals surface area (Å²) in [6, 6.07) is 8.79. The molecule has 0 bridgehead atoms. The maximum atomic E-state index is 12.7. The van der Waals surface area contributed by atoms with Gasteiger partial charge in [-0.2, -0.15) is 5.26 Å². The zero-order valence-electron chi connectivity index (χ0n) is 12.9. The lowest BCUT2D eigenvalue weighted by Crippen LogP contribution is -2.39. The topological polar surface area (TPSA) is 64.4 Å². The first kappa shape index (κ1) is 14.6. The van der Waals surface area contributed by atoms with Gasteiger partial charge in [0, 0.05) is 32.2 Å². The number of amides is 2. The molecule has 2 fully saturated rings. The van der Waals surface area contributed by atoms with Crippen LogP contribution >= 0.6 is 0 Å². The molecule has 1 aromatic rings. The van der Waals surface area contributed by atoms with Crippen LogP contribution in [0.25, 0.3) is 0 Å². The summed E-state index contributed by atoms with van der Waals surface area (Å²) in [5.41, 5.74) is 0.573. The number of nitriles is 1. The van der Waals surface area contributed by atoms with E-state index in [1.807, 2.05) is 7.05 Å². The van der Waals surface area contributed by atoms with Gasteiger partial charge in [0.15, 0.2) is 0 Å². The fraction of sp³-hybridized carbons (Fsp3) is 0.471. The fourth-order valence-electron chi connectivity index (χ4n) is 3.69. The Labute approximate surface area is 130 Å². The molecule has 1 aromatic carbocycles. The summed E-state index contributed by atoms with van der Waals surface area (Å²) in [6.45, 7) is 3.88. The molecule has 2 saturated heterocycles. The number of benzene rings is 1. The number of nitrogens with zero attached hydrogens (tertiary/aromatic N) is 3. The molecule has 3 rings (SSSR count). The zero-order valence-corrected chi connectivity index (χ0v) is 12.9. The molecule has 1 spiro atoms. The maximum Gasteiger partial charge on any atom is 0.253 e. The summed E-state index contributed by atoms with van der Waals surface area (Å²) in [5.74, 6) is 0.220. The quantitative estimate of drug-likeness (QED) is 0.789. The van der Waals surface area contributed by atoms with Crippen LogP contribution in [0.3, 0.4) is 0 Å². The van der Waals surface area contributed by atoms with Gasteiger partial charge in [0.05, 0.1) is 17.0 Å². The molecule has 2 aliphatic heterocycles. The van der Waals surface area contributed by atoms with Gasteiger partial charge in [0.1, 0.15) is 0 Å². The van der Waals surface area contributed by atoms with E-state index in [9.17, 15) is 9.59 Å². The molecule has 0 N–H and O–H groups in total. The van der Waals surface area contributed by atoms with E-state index in [4.69, 9.17) is 5.26 Å². The van der Waals surface area contributed by atoms with Gasteiger partial charge in [-0.25, -0.2) is 0 Å². The minimum atomic E-state index is -0.419. The highest BCUT2D eigenvalue weighted by Gasteiger charge is 2.55. The third-order valence-electron chi connectivity index (χ3n) is 5.10. The normalized spacial score (nSPS) is 27.5. The number of rotatable bonds is 1. The fourth-order valence-corrected chi connectivity index (χ4v) is 3.69. The van der Waals surface area contributed by atoms with Crippen molar-refractivity contribution in [3.63, 3.8) is 0 Å². The number of hydrogen-bond donors (Lipinski definition) is 0. The Bertz CT molecular complexity index is 679. The third-order valence-corrected chi connectivity index (χ3v) is 5.10. The molecule has 0 aromatic heterocycles. The molecular weight excluding hydrogens is 278 g/mol. The first-order chi connectivity index (χ1) is 10.5. The van der Waals surface area contributed by atoms with Crippen molar-refractivity contribution in [2.24, 2.45) is 11.3 Å². The van der Waals surface area contributed by atoms with E-state index in [0.717, 1.165) is 13.0 Å². The second kappa shape index (κ2) is 5.13. The summed E-state index contributed by atoms with van der Waals surface area (Å²) in [4.78, 5) is 28.7. The Morgan fingerprint density at radius 1 is 1.45 bits per heavy atom. The van der Waals surface area contributed by atoms with Gasteiger partial charge in [-0.3, -0.25) is 9.59 Å². The highest BCUT2D eigenvalue weighted by molar-refractivity contribution is 5.96. The lowest BCUT2D eigenvalue weighted by Gasteiger charge is -2.25. The van der Waals surface area contributed by atoms with Crippen LogP contribution in [0.15, 0.2) is 24.3 Å². The van der Waals surface area contributed by atoms with E-state index >= 15 is 0 Å². The molecule has 2 amide bonds. The van der Waals surface area contributed by atoms with E-state index in [1.165, 1.54) is 0 Å². The summed E-state index contributed by atoms with van der Waals surface area (Å²) >= 11 is 0. The molecule has 2 aliphatic rings. The Kier molecular flexibility index (Phi) is 3.40. The molecule has 114 valence electrons. The number of likely N-dealkylation sites (tertiary alicyclic amines) is 2. The molecule has 0 saturated carbocycles. The van der Waals surface area contributed by atoms with Crippen LogP contribution in [0.5, 0.6) is 0 Å². The van der Waals surface area contributed by atoms with Crippen LogP contribution < -0.4 is 0 Å². The predicted octanol–water partition coefficient (Wildman–Crippen LogP) is 1.50. The third kappa shape index (κ3) is 2.07. The van der Waals surface area contributed by atoms with Crippen molar-refractivity contribution in [2.75, 3.05) is 26.7 Å². The van der Waals surface area contributed by atoms with Crippen molar-refractivity contribution in [1.29, 1.82) is 5.26 Å². The Morgan fingerprint density at radius 3 is 2.86 bits per heavy atom. The molecule has 2 heterocycles. The van der Waals surface area contributed by atoms with Gasteiger partial charge in [-0.05, 0) is 30.5 Å². The number of carbonyl (C=O) groups excluding carboxylic acids is 2. The maximum absolute atomic E-state index is 12.7. The zero-order chi connectivity index (χ0) is 15.9. The second-order valence-electron chi connectivity index (χ2n) is 6.41. The Hall–Kier alpha value is -2.35. The van der Waals surface area contributed by atoms with Crippen molar-refractivity contribution in [2.45, 2.75) is 13.3 Å². The van der Waals surface area contributed by atoms with Gasteiger partial charge < -0.3 is 9.80 Å². The van der Waals surface area contributed by atoms with Crippen LogP contribution in [0.2, 0.25) is 0 Å². The lowest BCUT2D eigenvalue weighted by molar-refractivity contribution is -0.135. The van der Waals surface area contributed by atoms with Gasteiger partial charge in [-0.1, -0.05) is 13.0 Å². The molecule has 0 radical (unpaired) electrons. The SMILES string of the molecule is C[C@H]1CN(C(=O)c2cccc(C#N)c2)C[C@@]12CCN(C)C2=O. The van der Waals surface area contributed by atoms with Gasteiger partial charge >= 0.3 is 0 Å². The van der Waals surface area contributed by atoms with Gasteiger partial charge in [-0.15, -0.1) is 0 Å². The van der Waals surface area contributed by atoms with E-state index < -0.39 is 5.41 Å². The molecule has 0 aliphatic carbocycles. The molecule has 22 heavy (non-hydrogen) atoms. The Balaban J connectivity index is 1.84. The average molecular weight is 297 g/mol. The Morgan fingerprint density at radius 2 is 2.23 bits per heavy atom. The number of carbonyl (C=O) groups is 2. The highest BCUT2D eigenvalue weighted by Crippen LogP contribution is 2.44. The molecule has 5 heteroatoms. The van der Waals surface area contributed by atoms with Crippen LogP contribution in [0.4, 0.5) is 0 Å². The molecule has 5 nitrogen and oxygen atoms in total. The van der Waals surface area contributed by atoms with E-state index in [0.29, 0.717) is 24.2 Å².